The minimum atomic E-state index is 0.199. The van der Waals surface area contributed by atoms with Crippen molar-refractivity contribution in [3.63, 3.8) is 0 Å². The molecule has 0 spiro atoms. The zero-order chi connectivity index (χ0) is 14.8. The smallest absolute Gasteiger partial charge is 0.0313 e. The Balaban J connectivity index is 2.10. The van der Waals surface area contributed by atoms with Crippen molar-refractivity contribution in [1.29, 1.82) is 0 Å². The summed E-state index contributed by atoms with van der Waals surface area (Å²) in [4.78, 5) is 6.96. The van der Waals surface area contributed by atoms with Gasteiger partial charge in [0.25, 0.3) is 0 Å². The van der Waals surface area contributed by atoms with Crippen LogP contribution in [0.5, 0.6) is 0 Å². The Kier molecular flexibility index (Phi) is 4.82. The van der Waals surface area contributed by atoms with Crippen LogP contribution < -0.4 is 5.32 Å². The van der Waals surface area contributed by atoms with Gasteiger partial charge in [0.1, 0.15) is 0 Å². The maximum Gasteiger partial charge on any atom is 0.0313 e. The molecule has 20 heavy (non-hydrogen) atoms. The molecule has 0 aromatic carbocycles. The number of aromatic nitrogens is 1. The second kappa shape index (κ2) is 6.23. The summed E-state index contributed by atoms with van der Waals surface area (Å²) in [6.45, 7) is 14.5. The van der Waals surface area contributed by atoms with Gasteiger partial charge in [0.05, 0.1) is 0 Å². The van der Waals surface area contributed by atoms with Crippen LogP contribution in [-0.4, -0.2) is 34.6 Å². The van der Waals surface area contributed by atoms with Crippen LogP contribution in [0.4, 0.5) is 0 Å². The second-order valence-corrected chi connectivity index (χ2v) is 7.32. The summed E-state index contributed by atoms with van der Waals surface area (Å²) in [6.07, 6.45) is 5.19. The highest BCUT2D eigenvalue weighted by Crippen LogP contribution is 2.22. The molecule has 112 valence electrons. The van der Waals surface area contributed by atoms with Crippen molar-refractivity contribution in [2.24, 2.45) is 5.92 Å². The molecular weight excluding hydrogens is 246 g/mol. The molecule has 1 N–H and O–H groups in total. The number of piperazine rings is 1. The molecule has 0 amide bonds. The van der Waals surface area contributed by atoms with Gasteiger partial charge in [-0.15, -0.1) is 0 Å². The van der Waals surface area contributed by atoms with E-state index < -0.39 is 0 Å². The van der Waals surface area contributed by atoms with E-state index in [9.17, 15) is 0 Å². The van der Waals surface area contributed by atoms with Gasteiger partial charge in [-0.2, -0.15) is 0 Å². The minimum absolute atomic E-state index is 0.199. The number of nitrogens with one attached hydrogen (secondary N) is 1. The molecule has 2 rings (SSSR count). The standard InChI is InChI=1S/C17H29N3/c1-13(2)6-16-10-19-17(4,5)12-20(16)11-15-7-14(3)8-18-9-15/h7-9,13,16,19H,6,10-12H2,1-5H3. The van der Waals surface area contributed by atoms with Crippen molar-refractivity contribution < 1.29 is 0 Å². The fourth-order valence-electron chi connectivity index (χ4n) is 3.12. The first kappa shape index (κ1) is 15.5. The SMILES string of the molecule is Cc1cncc(CN2CC(C)(C)NCC2CC(C)C)c1. The van der Waals surface area contributed by atoms with E-state index in [0.717, 1.165) is 25.6 Å². The van der Waals surface area contributed by atoms with Crippen LogP contribution >= 0.6 is 0 Å². The maximum atomic E-state index is 4.33. The maximum absolute atomic E-state index is 4.33. The van der Waals surface area contributed by atoms with Crippen LogP contribution in [-0.2, 0) is 6.54 Å². The van der Waals surface area contributed by atoms with Crippen LogP contribution in [0.15, 0.2) is 18.5 Å². The average Bonchev–Trinajstić information content (AvgIpc) is 2.32. The molecule has 0 aliphatic carbocycles. The van der Waals surface area contributed by atoms with Gasteiger partial charge in [-0.1, -0.05) is 19.9 Å². The highest BCUT2D eigenvalue weighted by molar-refractivity contribution is 5.17. The van der Waals surface area contributed by atoms with Gasteiger partial charge < -0.3 is 5.32 Å². The molecule has 1 unspecified atom stereocenters. The molecule has 1 aromatic rings. The van der Waals surface area contributed by atoms with E-state index >= 15 is 0 Å². The number of nitrogens with zero attached hydrogens (tertiary/aromatic N) is 2. The Hall–Kier alpha value is -0.930. The Morgan fingerprint density at radius 2 is 2.15 bits per heavy atom. The highest BCUT2D eigenvalue weighted by atomic mass is 15.2. The predicted octanol–water partition coefficient (Wildman–Crippen LogP) is 2.99. The normalized spacial score (nSPS) is 23.2. The van der Waals surface area contributed by atoms with Gasteiger partial charge in [0, 0.05) is 43.6 Å². The molecule has 1 aliphatic heterocycles. The Bertz CT molecular complexity index is 440. The monoisotopic (exact) mass is 275 g/mol. The predicted molar refractivity (Wildman–Crippen MR) is 84.7 cm³/mol. The third kappa shape index (κ3) is 4.29. The lowest BCUT2D eigenvalue weighted by atomic mass is 9.93. The first-order valence-electron chi connectivity index (χ1n) is 7.75. The number of pyridine rings is 1. The lowest BCUT2D eigenvalue weighted by Gasteiger charge is -2.45. The molecule has 1 fully saturated rings. The molecular formula is C17H29N3. The lowest BCUT2D eigenvalue weighted by molar-refractivity contribution is 0.0759. The third-order valence-corrected chi connectivity index (χ3v) is 3.99. The Labute approximate surface area is 123 Å². The first-order chi connectivity index (χ1) is 9.35. The molecule has 3 nitrogen and oxygen atoms in total. The molecule has 3 heteroatoms. The van der Waals surface area contributed by atoms with E-state index in [2.05, 4.69) is 55.9 Å². The van der Waals surface area contributed by atoms with E-state index in [4.69, 9.17) is 0 Å². The van der Waals surface area contributed by atoms with Crippen LogP contribution in [0.1, 0.15) is 45.2 Å². The Morgan fingerprint density at radius 3 is 2.80 bits per heavy atom. The van der Waals surface area contributed by atoms with Crippen molar-refractivity contribution in [2.75, 3.05) is 13.1 Å². The molecule has 1 saturated heterocycles. The van der Waals surface area contributed by atoms with E-state index in [-0.39, 0.29) is 5.54 Å². The van der Waals surface area contributed by atoms with Gasteiger partial charge in [-0.3, -0.25) is 9.88 Å². The highest BCUT2D eigenvalue weighted by Gasteiger charge is 2.32. The third-order valence-electron chi connectivity index (χ3n) is 3.99. The number of aryl methyl sites for hydroxylation is 1. The van der Waals surface area contributed by atoms with Crippen molar-refractivity contribution in [2.45, 2.75) is 59.2 Å². The van der Waals surface area contributed by atoms with E-state index in [1.807, 2.05) is 12.4 Å². The van der Waals surface area contributed by atoms with Gasteiger partial charge >= 0.3 is 0 Å². The van der Waals surface area contributed by atoms with Crippen molar-refractivity contribution in [1.82, 2.24) is 15.2 Å². The average molecular weight is 275 g/mol. The first-order valence-corrected chi connectivity index (χ1v) is 7.75. The number of hydrogen-bond acceptors (Lipinski definition) is 3. The molecule has 0 radical (unpaired) electrons. The fraction of sp³-hybridized carbons (Fsp3) is 0.706. The summed E-state index contributed by atoms with van der Waals surface area (Å²) >= 11 is 0. The summed E-state index contributed by atoms with van der Waals surface area (Å²) in [5.74, 6) is 0.737. The molecule has 1 atom stereocenters. The number of rotatable bonds is 4. The molecule has 0 bridgehead atoms. The molecule has 1 aliphatic rings. The van der Waals surface area contributed by atoms with Crippen molar-refractivity contribution in [3.8, 4) is 0 Å². The summed E-state index contributed by atoms with van der Waals surface area (Å²) in [7, 11) is 0. The zero-order valence-corrected chi connectivity index (χ0v) is 13.6. The van der Waals surface area contributed by atoms with Gasteiger partial charge in [-0.25, -0.2) is 0 Å². The van der Waals surface area contributed by atoms with Crippen LogP contribution in [0, 0.1) is 12.8 Å². The van der Waals surface area contributed by atoms with E-state index in [1.54, 1.807) is 0 Å². The lowest BCUT2D eigenvalue weighted by Crippen LogP contribution is -2.61. The van der Waals surface area contributed by atoms with Gasteiger partial charge in [0.15, 0.2) is 0 Å². The Morgan fingerprint density at radius 1 is 1.40 bits per heavy atom. The largest absolute Gasteiger partial charge is 0.309 e. The van der Waals surface area contributed by atoms with Crippen LogP contribution in [0.3, 0.4) is 0 Å². The fourth-order valence-corrected chi connectivity index (χ4v) is 3.12. The van der Waals surface area contributed by atoms with Crippen LogP contribution in [0.25, 0.3) is 0 Å². The molecule has 2 heterocycles. The van der Waals surface area contributed by atoms with Crippen molar-refractivity contribution >= 4 is 0 Å². The topological polar surface area (TPSA) is 28.2 Å². The number of hydrogen-bond donors (Lipinski definition) is 1. The van der Waals surface area contributed by atoms with E-state index in [1.165, 1.54) is 17.5 Å². The van der Waals surface area contributed by atoms with Crippen LogP contribution in [0.2, 0.25) is 0 Å². The summed E-state index contributed by atoms with van der Waals surface area (Å²) in [5, 5.41) is 3.68. The minimum Gasteiger partial charge on any atom is -0.309 e. The zero-order valence-electron chi connectivity index (χ0n) is 13.6. The van der Waals surface area contributed by atoms with Gasteiger partial charge in [0.2, 0.25) is 0 Å². The van der Waals surface area contributed by atoms with E-state index in [0.29, 0.717) is 6.04 Å². The van der Waals surface area contributed by atoms with Crippen molar-refractivity contribution in [3.05, 3.63) is 29.6 Å². The quantitative estimate of drug-likeness (QED) is 0.915. The van der Waals surface area contributed by atoms with Gasteiger partial charge in [-0.05, 0) is 44.2 Å². The summed E-state index contributed by atoms with van der Waals surface area (Å²) in [5.41, 5.74) is 2.78. The molecule has 0 saturated carbocycles. The summed E-state index contributed by atoms with van der Waals surface area (Å²) < 4.78 is 0. The molecule has 1 aromatic heterocycles. The summed E-state index contributed by atoms with van der Waals surface area (Å²) in [6, 6.07) is 2.89. The second-order valence-electron chi connectivity index (χ2n) is 7.32.